The lowest BCUT2D eigenvalue weighted by Crippen LogP contribution is -2.16. The Kier molecular flexibility index (Phi) is 4.14. The summed E-state index contributed by atoms with van der Waals surface area (Å²) in [6.45, 7) is 0. The number of hydrogen-bond acceptors (Lipinski definition) is 5. The summed E-state index contributed by atoms with van der Waals surface area (Å²) in [6, 6.07) is 18.8. The summed E-state index contributed by atoms with van der Waals surface area (Å²) < 4.78 is 1.24. The van der Waals surface area contributed by atoms with Gasteiger partial charge in [-0.15, -0.1) is 11.3 Å². The van der Waals surface area contributed by atoms with Gasteiger partial charge in [0.25, 0.3) is 5.56 Å². The topological polar surface area (TPSA) is 71.0 Å². The van der Waals surface area contributed by atoms with Gasteiger partial charge in [0, 0.05) is 10.9 Å². The van der Waals surface area contributed by atoms with Gasteiger partial charge in [-0.25, -0.2) is 4.98 Å². The number of nitriles is 1. The van der Waals surface area contributed by atoms with Crippen LogP contribution in [0, 0.1) is 11.3 Å². The Morgan fingerprint density at radius 1 is 1.12 bits per heavy atom. The van der Waals surface area contributed by atoms with Crippen molar-refractivity contribution in [3.05, 3.63) is 87.8 Å². The Morgan fingerprint density at radius 3 is 2.62 bits per heavy atom. The molecule has 0 unspecified atom stereocenters. The minimum Gasteiger partial charge on any atom is -0.267 e. The molecule has 124 valence electrons. The van der Waals surface area contributed by atoms with Crippen molar-refractivity contribution >= 4 is 27.8 Å². The molecule has 26 heavy (non-hydrogen) atoms. The highest BCUT2D eigenvalue weighted by atomic mass is 32.1. The molecule has 0 saturated carbocycles. The molecule has 0 aliphatic rings. The molecule has 0 atom stereocenters. The zero-order valence-corrected chi connectivity index (χ0v) is 14.4. The lowest BCUT2D eigenvalue weighted by molar-refractivity contribution is 0.819. The number of benzene rings is 2. The molecule has 0 fully saturated rings. The second-order valence-electron chi connectivity index (χ2n) is 5.57. The predicted octanol–water partition coefficient (Wildman–Crippen LogP) is 3.88. The molecule has 0 amide bonds. The van der Waals surface area contributed by atoms with Gasteiger partial charge in [-0.2, -0.15) is 15.0 Å². The van der Waals surface area contributed by atoms with Crippen LogP contribution in [0.5, 0.6) is 0 Å². The number of fused-ring (bicyclic) bond motifs is 1. The molecule has 0 N–H and O–H groups in total. The molecular formula is C20H12N4OS. The second kappa shape index (κ2) is 6.75. The number of thiophene rings is 1. The van der Waals surface area contributed by atoms with Gasteiger partial charge in [-0.3, -0.25) is 4.79 Å². The van der Waals surface area contributed by atoms with Crippen LogP contribution in [-0.2, 0) is 0 Å². The van der Waals surface area contributed by atoms with Crippen molar-refractivity contribution in [1.29, 1.82) is 5.26 Å². The molecule has 0 radical (unpaired) electrons. The number of nitrogens with zero attached hydrogens (tertiary/aromatic N) is 4. The molecule has 5 nitrogen and oxygen atoms in total. The van der Waals surface area contributed by atoms with Crippen LogP contribution in [0.3, 0.4) is 0 Å². The summed E-state index contributed by atoms with van der Waals surface area (Å²) in [5.74, 6) is 0. The summed E-state index contributed by atoms with van der Waals surface area (Å²) >= 11 is 1.44. The van der Waals surface area contributed by atoms with Gasteiger partial charge in [0.15, 0.2) is 0 Å². The van der Waals surface area contributed by atoms with Crippen molar-refractivity contribution in [2.24, 2.45) is 5.10 Å². The van der Waals surface area contributed by atoms with Gasteiger partial charge in [0.2, 0.25) is 0 Å². The number of hydrogen-bond donors (Lipinski definition) is 0. The first-order valence-corrected chi connectivity index (χ1v) is 8.73. The highest BCUT2D eigenvalue weighted by Gasteiger charge is 2.12. The average molecular weight is 356 g/mol. The van der Waals surface area contributed by atoms with Gasteiger partial charge in [0.05, 0.1) is 23.2 Å². The fourth-order valence-electron chi connectivity index (χ4n) is 2.61. The van der Waals surface area contributed by atoms with E-state index >= 15 is 0 Å². The first-order valence-electron chi connectivity index (χ1n) is 7.85. The molecule has 2 aromatic carbocycles. The molecular weight excluding hydrogens is 344 g/mol. The quantitative estimate of drug-likeness (QED) is 0.523. The van der Waals surface area contributed by atoms with Crippen LogP contribution in [0.15, 0.2) is 76.2 Å². The normalized spacial score (nSPS) is 11.0. The van der Waals surface area contributed by atoms with Crippen LogP contribution >= 0.6 is 11.3 Å². The first-order chi connectivity index (χ1) is 12.8. The third-order valence-corrected chi connectivity index (χ3v) is 4.82. The maximum absolute atomic E-state index is 12.9. The van der Waals surface area contributed by atoms with E-state index in [0.717, 1.165) is 16.7 Å². The van der Waals surface area contributed by atoms with Gasteiger partial charge >= 0.3 is 0 Å². The molecule has 6 heteroatoms. The van der Waals surface area contributed by atoms with Crippen molar-refractivity contribution in [2.75, 3.05) is 0 Å². The summed E-state index contributed by atoms with van der Waals surface area (Å²) in [4.78, 5) is 17.9. The monoisotopic (exact) mass is 356 g/mol. The Hall–Kier alpha value is -3.56. The van der Waals surface area contributed by atoms with E-state index in [0.29, 0.717) is 15.8 Å². The molecule has 0 bridgehead atoms. The summed E-state index contributed by atoms with van der Waals surface area (Å²) in [5.41, 5.74) is 3.01. The van der Waals surface area contributed by atoms with E-state index in [1.165, 1.54) is 22.3 Å². The van der Waals surface area contributed by atoms with Gasteiger partial charge in [0.1, 0.15) is 11.2 Å². The molecule has 4 aromatic rings. The molecule has 0 aliphatic carbocycles. The first kappa shape index (κ1) is 15.9. The van der Waals surface area contributed by atoms with Crippen molar-refractivity contribution in [2.45, 2.75) is 0 Å². The maximum Gasteiger partial charge on any atom is 0.283 e. The van der Waals surface area contributed by atoms with Crippen LogP contribution in [0.4, 0.5) is 0 Å². The zero-order chi connectivity index (χ0) is 17.9. The van der Waals surface area contributed by atoms with E-state index in [2.05, 4.69) is 16.2 Å². The Balaban J connectivity index is 1.77. The molecule has 4 rings (SSSR count). The minimum atomic E-state index is -0.208. The Bertz CT molecular complexity index is 1200. The fraction of sp³-hybridized carbons (Fsp3) is 0. The third kappa shape index (κ3) is 2.92. The molecule has 2 aromatic heterocycles. The third-order valence-electron chi connectivity index (χ3n) is 3.93. The molecule has 0 saturated heterocycles. The maximum atomic E-state index is 12.9. The van der Waals surface area contributed by atoms with E-state index in [9.17, 15) is 4.79 Å². The van der Waals surface area contributed by atoms with E-state index < -0.39 is 0 Å². The van der Waals surface area contributed by atoms with Crippen molar-refractivity contribution in [3.8, 4) is 17.2 Å². The molecule has 0 spiro atoms. The molecule has 0 aliphatic heterocycles. The van der Waals surface area contributed by atoms with Crippen LogP contribution in [0.2, 0.25) is 0 Å². The van der Waals surface area contributed by atoms with E-state index in [-0.39, 0.29) is 5.56 Å². The zero-order valence-electron chi connectivity index (χ0n) is 13.5. The highest BCUT2D eigenvalue weighted by Crippen LogP contribution is 2.30. The van der Waals surface area contributed by atoms with Crippen molar-refractivity contribution < 1.29 is 0 Å². The fourth-order valence-corrected chi connectivity index (χ4v) is 3.52. The standard InChI is InChI=1S/C20H12N4OS/c21-10-14-6-8-15(9-7-14)11-23-24-13-22-19-18(20(24)25)17(12-26-19)16-4-2-1-3-5-16/h1-9,11-13H/b23-11-. The van der Waals surface area contributed by atoms with Gasteiger partial charge in [-0.05, 0) is 23.3 Å². The van der Waals surface area contributed by atoms with E-state index in [1.54, 1.807) is 30.5 Å². The van der Waals surface area contributed by atoms with E-state index in [4.69, 9.17) is 5.26 Å². The SMILES string of the molecule is N#Cc1ccc(/C=N\n2cnc3scc(-c4ccccc4)c3c2=O)cc1. The highest BCUT2D eigenvalue weighted by molar-refractivity contribution is 7.17. The van der Waals surface area contributed by atoms with Crippen molar-refractivity contribution in [1.82, 2.24) is 9.66 Å². The lowest BCUT2D eigenvalue weighted by Gasteiger charge is -2.01. The average Bonchev–Trinajstić information content (AvgIpc) is 3.13. The van der Waals surface area contributed by atoms with Gasteiger partial charge in [-0.1, -0.05) is 42.5 Å². The van der Waals surface area contributed by atoms with Crippen LogP contribution in [0.25, 0.3) is 21.3 Å². The van der Waals surface area contributed by atoms with Crippen LogP contribution in [0.1, 0.15) is 11.1 Å². The number of aromatic nitrogens is 2. The van der Waals surface area contributed by atoms with Crippen LogP contribution in [-0.4, -0.2) is 15.9 Å². The summed E-state index contributed by atoms with van der Waals surface area (Å²) in [5, 5.41) is 15.6. The van der Waals surface area contributed by atoms with Crippen molar-refractivity contribution in [3.63, 3.8) is 0 Å². The predicted molar refractivity (Wildman–Crippen MR) is 103 cm³/mol. The number of rotatable bonds is 3. The van der Waals surface area contributed by atoms with E-state index in [1.807, 2.05) is 35.7 Å². The van der Waals surface area contributed by atoms with Crippen LogP contribution < -0.4 is 5.56 Å². The minimum absolute atomic E-state index is 0.208. The summed E-state index contributed by atoms with van der Waals surface area (Å²) in [7, 11) is 0. The second-order valence-corrected chi connectivity index (χ2v) is 6.43. The molecule has 2 heterocycles. The van der Waals surface area contributed by atoms with Gasteiger partial charge < -0.3 is 0 Å². The lowest BCUT2D eigenvalue weighted by atomic mass is 10.1. The largest absolute Gasteiger partial charge is 0.283 e. The summed E-state index contributed by atoms with van der Waals surface area (Å²) in [6.07, 6.45) is 3.00. The Labute approximate surface area is 153 Å². The smallest absolute Gasteiger partial charge is 0.267 e. The Morgan fingerprint density at radius 2 is 1.88 bits per heavy atom.